The molecule has 1 aliphatic carbocycles. The number of rotatable bonds is 2. The molecule has 4 heteroatoms. The summed E-state index contributed by atoms with van der Waals surface area (Å²) in [7, 11) is 0. The highest BCUT2D eigenvalue weighted by atomic mass is 16.5. The average molecular weight is 167 g/mol. The number of nitrogens with zero attached hydrogens (tertiary/aromatic N) is 2. The standard InChI is InChI=1S/C8H13N3O/c9-5-7-10-8(11-12-7)6-3-1-2-4-6/h6H,1-5,9H2. The van der Waals surface area contributed by atoms with Gasteiger partial charge in [0.2, 0.25) is 5.89 Å². The Morgan fingerprint density at radius 3 is 2.75 bits per heavy atom. The first kappa shape index (κ1) is 7.73. The molecule has 0 aromatic carbocycles. The van der Waals surface area contributed by atoms with Gasteiger partial charge in [-0.15, -0.1) is 0 Å². The van der Waals surface area contributed by atoms with Gasteiger partial charge in [-0.05, 0) is 12.8 Å². The van der Waals surface area contributed by atoms with Crippen LogP contribution in [0.3, 0.4) is 0 Å². The molecule has 0 atom stereocenters. The average Bonchev–Trinajstić information content (AvgIpc) is 2.75. The molecule has 2 N–H and O–H groups in total. The van der Waals surface area contributed by atoms with Crippen LogP contribution < -0.4 is 5.73 Å². The molecule has 1 saturated carbocycles. The lowest BCUT2D eigenvalue weighted by Gasteiger charge is -1.99. The molecule has 0 radical (unpaired) electrons. The zero-order valence-electron chi connectivity index (χ0n) is 6.99. The summed E-state index contributed by atoms with van der Waals surface area (Å²) < 4.78 is 4.94. The van der Waals surface area contributed by atoms with Gasteiger partial charge in [0, 0.05) is 5.92 Å². The van der Waals surface area contributed by atoms with Crippen molar-refractivity contribution in [1.82, 2.24) is 10.1 Å². The molecule has 0 saturated heterocycles. The van der Waals surface area contributed by atoms with Crippen LogP contribution in [0.1, 0.15) is 43.3 Å². The number of hydrogen-bond donors (Lipinski definition) is 1. The second kappa shape index (κ2) is 3.23. The smallest absolute Gasteiger partial charge is 0.240 e. The van der Waals surface area contributed by atoms with Crippen molar-refractivity contribution in [2.45, 2.75) is 38.1 Å². The highest BCUT2D eigenvalue weighted by Crippen LogP contribution is 2.31. The molecule has 4 nitrogen and oxygen atoms in total. The maximum atomic E-state index is 5.37. The van der Waals surface area contributed by atoms with Crippen LogP contribution >= 0.6 is 0 Å². The van der Waals surface area contributed by atoms with Gasteiger partial charge < -0.3 is 10.3 Å². The zero-order chi connectivity index (χ0) is 8.39. The first-order valence-electron chi connectivity index (χ1n) is 4.42. The fourth-order valence-corrected chi connectivity index (χ4v) is 1.70. The summed E-state index contributed by atoms with van der Waals surface area (Å²) >= 11 is 0. The van der Waals surface area contributed by atoms with Crippen LogP contribution in [0.5, 0.6) is 0 Å². The predicted octanol–water partition coefficient (Wildman–Crippen LogP) is 1.19. The maximum absolute atomic E-state index is 5.37. The van der Waals surface area contributed by atoms with Crippen LogP contribution in [-0.2, 0) is 6.54 Å². The Kier molecular flexibility index (Phi) is 2.08. The van der Waals surface area contributed by atoms with Gasteiger partial charge in [0.05, 0.1) is 6.54 Å². The molecular weight excluding hydrogens is 154 g/mol. The molecule has 12 heavy (non-hydrogen) atoms. The topological polar surface area (TPSA) is 64.9 Å². The SMILES string of the molecule is NCc1nc(C2CCCC2)no1. The summed E-state index contributed by atoms with van der Waals surface area (Å²) in [5.41, 5.74) is 5.37. The third-order valence-electron chi connectivity index (χ3n) is 2.38. The highest BCUT2D eigenvalue weighted by molar-refractivity contribution is 4.97. The summed E-state index contributed by atoms with van der Waals surface area (Å²) in [6, 6.07) is 0. The molecule has 0 unspecified atom stereocenters. The first-order valence-corrected chi connectivity index (χ1v) is 4.42. The Morgan fingerprint density at radius 1 is 1.42 bits per heavy atom. The van der Waals surface area contributed by atoms with Crippen molar-refractivity contribution >= 4 is 0 Å². The highest BCUT2D eigenvalue weighted by Gasteiger charge is 2.21. The largest absolute Gasteiger partial charge is 0.338 e. The third kappa shape index (κ3) is 1.34. The van der Waals surface area contributed by atoms with Crippen LogP contribution in [0, 0.1) is 0 Å². The van der Waals surface area contributed by atoms with Crippen LogP contribution in [0.25, 0.3) is 0 Å². The Morgan fingerprint density at radius 2 is 2.17 bits per heavy atom. The summed E-state index contributed by atoms with van der Waals surface area (Å²) in [6.07, 6.45) is 4.97. The van der Waals surface area contributed by atoms with Crippen molar-refractivity contribution in [3.8, 4) is 0 Å². The lowest BCUT2D eigenvalue weighted by atomic mass is 10.1. The van der Waals surface area contributed by atoms with Gasteiger partial charge in [0.15, 0.2) is 5.82 Å². The second-order valence-corrected chi connectivity index (χ2v) is 3.23. The van der Waals surface area contributed by atoms with Gasteiger partial charge in [0.1, 0.15) is 0 Å². The van der Waals surface area contributed by atoms with Gasteiger partial charge in [-0.1, -0.05) is 18.0 Å². The van der Waals surface area contributed by atoms with E-state index in [-0.39, 0.29) is 0 Å². The second-order valence-electron chi connectivity index (χ2n) is 3.23. The maximum Gasteiger partial charge on any atom is 0.240 e. The summed E-state index contributed by atoms with van der Waals surface area (Å²) in [5, 5.41) is 3.90. The van der Waals surface area contributed by atoms with E-state index >= 15 is 0 Å². The van der Waals surface area contributed by atoms with Crippen LogP contribution in [0.4, 0.5) is 0 Å². The van der Waals surface area contributed by atoms with Crippen LogP contribution in [0.15, 0.2) is 4.52 Å². The zero-order valence-corrected chi connectivity index (χ0v) is 6.99. The van der Waals surface area contributed by atoms with Crippen molar-refractivity contribution in [3.05, 3.63) is 11.7 Å². The molecule has 1 fully saturated rings. The van der Waals surface area contributed by atoms with Crippen molar-refractivity contribution < 1.29 is 4.52 Å². The first-order chi connectivity index (χ1) is 5.90. The lowest BCUT2D eigenvalue weighted by molar-refractivity contribution is 0.371. The lowest BCUT2D eigenvalue weighted by Crippen LogP contribution is -1.98. The van der Waals surface area contributed by atoms with Crippen LogP contribution in [-0.4, -0.2) is 10.1 Å². The molecule has 1 aliphatic rings. The quantitative estimate of drug-likeness (QED) is 0.718. The van der Waals surface area contributed by atoms with Crippen molar-refractivity contribution in [2.75, 3.05) is 0 Å². The normalized spacial score (nSPS) is 18.8. The Hall–Kier alpha value is -0.900. The summed E-state index contributed by atoms with van der Waals surface area (Å²) in [5.74, 6) is 1.93. The molecule has 1 aromatic heterocycles. The van der Waals surface area contributed by atoms with Gasteiger partial charge >= 0.3 is 0 Å². The number of aromatic nitrogens is 2. The van der Waals surface area contributed by atoms with E-state index in [0.29, 0.717) is 18.4 Å². The van der Waals surface area contributed by atoms with E-state index in [0.717, 1.165) is 5.82 Å². The Balaban J connectivity index is 2.11. The van der Waals surface area contributed by atoms with E-state index in [1.165, 1.54) is 25.7 Å². The van der Waals surface area contributed by atoms with Gasteiger partial charge in [-0.3, -0.25) is 0 Å². The monoisotopic (exact) mass is 167 g/mol. The van der Waals surface area contributed by atoms with Crippen LogP contribution in [0.2, 0.25) is 0 Å². The predicted molar refractivity (Wildman–Crippen MR) is 43.4 cm³/mol. The Bertz CT molecular complexity index is 253. The van der Waals surface area contributed by atoms with Crippen molar-refractivity contribution in [1.29, 1.82) is 0 Å². The number of hydrogen-bond acceptors (Lipinski definition) is 4. The molecule has 0 spiro atoms. The molecule has 0 bridgehead atoms. The minimum absolute atomic E-state index is 0.347. The third-order valence-corrected chi connectivity index (χ3v) is 2.38. The van der Waals surface area contributed by atoms with Gasteiger partial charge in [0.25, 0.3) is 0 Å². The fourth-order valence-electron chi connectivity index (χ4n) is 1.70. The summed E-state index contributed by atoms with van der Waals surface area (Å²) in [4.78, 5) is 4.21. The summed E-state index contributed by atoms with van der Waals surface area (Å²) in [6.45, 7) is 0.347. The Labute approximate surface area is 71.1 Å². The van der Waals surface area contributed by atoms with Gasteiger partial charge in [-0.25, -0.2) is 0 Å². The van der Waals surface area contributed by atoms with Crippen molar-refractivity contribution in [2.24, 2.45) is 5.73 Å². The van der Waals surface area contributed by atoms with E-state index in [2.05, 4.69) is 10.1 Å². The molecular formula is C8H13N3O. The van der Waals surface area contributed by atoms with E-state index in [9.17, 15) is 0 Å². The van der Waals surface area contributed by atoms with E-state index in [1.54, 1.807) is 0 Å². The molecule has 0 aliphatic heterocycles. The van der Waals surface area contributed by atoms with Gasteiger partial charge in [-0.2, -0.15) is 4.98 Å². The number of nitrogens with two attached hydrogens (primary N) is 1. The molecule has 2 rings (SSSR count). The molecule has 0 amide bonds. The van der Waals surface area contributed by atoms with E-state index < -0.39 is 0 Å². The molecule has 66 valence electrons. The van der Waals surface area contributed by atoms with Crippen molar-refractivity contribution in [3.63, 3.8) is 0 Å². The van der Waals surface area contributed by atoms with E-state index in [1.807, 2.05) is 0 Å². The minimum Gasteiger partial charge on any atom is -0.338 e. The molecule has 1 aromatic rings. The van der Waals surface area contributed by atoms with E-state index in [4.69, 9.17) is 10.3 Å². The fraction of sp³-hybridized carbons (Fsp3) is 0.750. The minimum atomic E-state index is 0.347. The molecule has 1 heterocycles.